The number of benzene rings is 2. The Morgan fingerprint density at radius 3 is 1.04 bits per heavy atom. The molecule has 2 aromatic carbocycles. The van der Waals surface area contributed by atoms with Crippen LogP contribution in [0.15, 0.2) is 24.3 Å². The molecule has 0 atom stereocenters. The zero-order chi connectivity index (χ0) is 18.0. The Balaban J connectivity index is 2.14. The Hall–Kier alpha value is -1.96. The fraction of sp³-hybridized carbons (Fsp3) is 0.455. The van der Waals surface area contributed by atoms with Crippen LogP contribution < -0.4 is 9.80 Å². The van der Waals surface area contributed by atoms with Gasteiger partial charge in [-0.1, -0.05) is 35.4 Å². The number of aryl methyl sites for hydroxylation is 6. The Morgan fingerprint density at radius 1 is 0.542 bits per heavy atom. The van der Waals surface area contributed by atoms with Gasteiger partial charge in [-0.25, -0.2) is 0 Å². The van der Waals surface area contributed by atoms with Gasteiger partial charge in [0.15, 0.2) is 0 Å². The minimum atomic E-state index is 1.01. The van der Waals surface area contributed by atoms with E-state index in [-0.39, 0.29) is 0 Å². The molecule has 2 aromatic rings. The molecule has 0 spiro atoms. The number of likely N-dealkylation sites (N-methyl/N-ethyl adjacent to an activating group) is 2. The molecule has 130 valence electrons. The van der Waals surface area contributed by atoms with Crippen molar-refractivity contribution >= 4 is 11.4 Å². The van der Waals surface area contributed by atoms with Gasteiger partial charge >= 0.3 is 0 Å². The van der Waals surface area contributed by atoms with Gasteiger partial charge in [0.1, 0.15) is 0 Å². The normalized spacial score (nSPS) is 10.8. The van der Waals surface area contributed by atoms with Gasteiger partial charge in [0.2, 0.25) is 0 Å². The third-order valence-electron chi connectivity index (χ3n) is 4.81. The van der Waals surface area contributed by atoms with Gasteiger partial charge in [0, 0.05) is 38.6 Å². The molecule has 0 radical (unpaired) electrons. The lowest BCUT2D eigenvalue weighted by Crippen LogP contribution is -2.32. The fourth-order valence-electron chi connectivity index (χ4n) is 4.07. The van der Waals surface area contributed by atoms with E-state index in [2.05, 4.69) is 89.7 Å². The summed E-state index contributed by atoms with van der Waals surface area (Å²) in [4.78, 5) is 4.78. The molecule has 0 unspecified atom stereocenters. The maximum atomic E-state index is 2.39. The monoisotopic (exact) mass is 324 g/mol. The van der Waals surface area contributed by atoms with Gasteiger partial charge in [0.25, 0.3) is 0 Å². The first-order chi connectivity index (χ1) is 11.2. The standard InChI is InChI=1S/C22H32N2/c1-15-11-17(3)21(18(4)12-15)23(7)9-10-24(8)22-19(5)13-16(2)14-20(22)6/h11-14H,9-10H2,1-8H3. The summed E-state index contributed by atoms with van der Waals surface area (Å²) in [5, 5.41) is 0. The average molecular weight is 325 g/mol. The Labute approximate surface area is 148 Å². The molecule has 0 bridgehead atoms. The van der Waals surface area contributed by atoms with Crippen molar-refractivity contribution in [1.29, 1.82) is 0 Å². The zero-order valence-electron chi connectivity index (χ0n) is 16.6. The van der Waals surface area contributed by atoms with Gasteiger partial charge in [-0.05, 0) is 63.8 Å². The molecule has 0 N–H and O–H groups in total. The van der Waals surface area contributed by atoms with Crippen LogP contribution in [0.25, 0.3) is 0 Å². The minimum Gasteiger partial charge on any atom is -0.372 e. The van der Waals surface area contributed by atoms with Crippen LogP contribution in [0.4, 0.5) is 11.4 Å². The van der Waals surface area contributed by atoms with Crippen molar-refractivity contribution in [3.8, 4) is 0 Å². The molecule has 0 aliphatic carbocycles. The number of hydrogen-bond acceptors (Lipinski definition) is 2. The lowest BCUT2D eigenvalue weighted by molar-refractivity contribution is 0.823. The highest BCUT2D eigenvalue weighted by atomic mass is 15.2. The van der Waals surface area contributed by atoms with Crippen LogP contribution in [0.2, 0.25) is 0 Å². The number of nitrogens with zero attached hydrogens (tertiary/aromatic N) is 2. The summed E-state index contributed by atoms with van der Waals surface area (Å²) in [6.07, 6.45) is 0. The van der Waals surface area contributed by atoms with Crippen molar-refractivity contribution in [3.05, 3.63) is 57.6 Å². The third kappa shape index (κ3) is 3.92. The van der Waals surface area contributed by atoms with Crippen molar-refractivity contribution in [1.82, 2.24) is 0 Å². The molecule has 2 heteroatoms. The molecule has 0 fully saturated rings. The Kier molecular flexibility index (Phi) is 5.58. The smallest absolute Gasteiger partial charge is 0.0423 e. The van der Waals surface area contributed by atoms with Crippen LogP contribution in [0.5, 0.6) is 0 Å². The first-order valence-corrected chi connectivity index (χ1v) is 8.78. The van der Waals surface area contributed by atoms with Gasteiger partial charge in [0.05, 0.1) is 0 Å². The summed E-state index contributed by atoms with van der Waals surface area (Å²) in [6, 6.07) is 9.10. The predicted molar refractivity (Wildman–Crippen MR) is 108 cm³/mol. The van der Waals surface area contributed by atoms with Crippen LogP contribution in [-0.4, -0.2) is 27.2 Å². The van der Waals surface area contributed by atoms with E-state index in [1.165, 1.54) is 44.8 Å². The zero-order valence-corrected chi connectivity index (χ0v) is 16.6. The lowest BCUT2D eigenvalue weighted by atomic mass is 10.0. The van der Waals surface area contributed by atoms with Crippen LogP contribution in [-0.2, 0) is 0 Å². The maximum absolute atomic E-state index is 2.39. The molecule has 0 saturated carbocycles. The SMILES string of the molecule is Cc1cc(C)c(N(C)CCN(C)c2c(C)cc(C)cc2C)c(C)c1. The van der Waals surface area contributed by atoms with Crippen LogP contribution in [0, 0.1) is 41.5 Å². The van der Waals surface area contributed by atoms with E-state index in [0.717, 1.165) is 13.1 Å². The van der Waals surface area contributed by atoms with Gasteiger partial charge in [-0.3, -0.25) is 0 Å². The molecular weight excluding hydrogens is 292 g/mol. The minimum absolute atomic E-state index is 1.01. The number of rotatable bonds is 5. The largest absolute Gasteiger partial charge is 0.372 e. The molecule has 0 aliphatic heterocycles. The molecule has 0 amide bonds. The van der Waals surface area contributed by atoms with Crippen molar-refractivity contribution in [2.75, 3.05) is 37.0 Å². The first kappa shape index (κ1) is 18.4. The summed E-state index contributed by atoms with van der Waals surface area (Å²) >= 11 is 0. The van der Waals surface area contributed by atoms with E-state index < -0.39 is 0 Å². The Morgan fingerprint density at radius 2 is 0.792 bits per heavy atom. The van der Waals surface area contributed by atoms with Gasteiger partial charge in [-0.15, -0.1) is 0 Å². The number of anilines is 2. The highest BCUT2D eigenvalue weighted by Gasteiger charge is 2.12. The van der Waals surface area contributed by atoms with E-state index in [1.54, 1.807) is 0 Å². The summed E-state index contributed by atoms with van der Waals surface area (Å²) in [5.41, 5.74) is 10.9. The molecular formula is C22H32N2. The van der Waals surface area contributed by atoms with E-state index >= 15 is 0 Å². The van der Waals surface area contributed by atoms with E-state index in [9.17, 15) is 0 Å². The lowest BCUT2D eigenvalue weighted by Gasteiger charge is -2.29. The van der Waals surface area contributed by atoms with Crippen LogP contribution in [0.1, 0.15) is 33.4 Å². The topological polar surface area (TPSA) is 6.48 Å². The first-order valence-electron chi connectivity index (χ1n) is 8.78. The van der Waals surface area contributed by atoms with Crippen LogP contribution in [0.3, 0.4) is 0 Å². The molecule has 2 nitrogen and oxygen atoms in total. The van der Waals surface area contributed by atoms with E-state index in [1.807, 2.05) is 0 Å². The molecule has 0 aliphatic rings. The van der Waals surface area contributed by atoms with Crippen molar-refractivity contribution in [2.24, 2.45) is 0 Å². The second kappa shape index (κ2) is 7.29. The van der Waals surface area contributed by atoms with Crippen molar-refractivity contribution < 1.29 is 0 Å². The molecule has 24 heavy (non-hydrogen) atoms. The van der Waals surface area contributed by atoms with E-state index in [0.29, 0.717) is 0 Å². The second-order valence-corrected chi connectivity index (χ2v) is 7.34. The van der Waals surface area contributed by atoms with Crippen molar-refractivity contribution in [2.45, 2.75) is 41.5 Å². The predicted octanol–water partition coefficient (Wildman–Crippen LogP) is 5.11. The van der Waals surface area contributed by atoms with E-state index in [4.69, 9.17) is 0 Å². The third-order valence-corrected chi connectivity index (χ3v) is 4.81. The highest BCUT2D eigenvalue weighted by molar-refractivity contribution is 5.61. The molecule has 0 aromatic heterocycles. The summed E-state index contributed by atoms with van der Waals surface area (Å²) < 4.78 is 0. The Bertz CT molecular complexity index is 621. The molecule has 0 heterocycles. The number of hydrogen-bond donors (Lipinski definition) is 0. The van der Waals surface area contributed by atoms with Crippen molar-refractivity contribution in [3.63, 3.8) is 0 Å². The molecule has 0 saturated heterocycles. The average Bonchev–Trinajstić information content (AvgIpc) is 2.42. The summed E-state index contributed by atoms with van der Waals surface area (Å²) in [7, 11) is 4.40. The van der Waals surface area contributed by atoms with Crippen LogP contribution >= 0.6 is 0 Å². The van der Waals surface area contributed by atoms with Gasteiger partial charge < -0.3 is 9.80 Å². The van der Waals surface area contributed by atoms with Gasteiger partial charge in [-0.2, -0.15) is 0 Å². The summed E-state index contributed by atoms with van der Waals surface area (Å²) in [5.74, 6) is 0. The quantitative estimate of drug-likeness (QED) is 0.754. The second-order valence-electron chi connectivity index (χ2n) is 7.34. The molecule has 2 rings (SSSR count). The maximum Gasteiger partial charge on any atom is 0.0423 e. The summed E-state index contributed by atoms with van der Waals surface area (Å²) in [6.45, 7) is 15.2. The highest BCUT2D eigenvalue weighted by Crippen LogP contribution is 2.27. The fourth-order valence-corrected chi connectivity index (χ4v) is 4.07.